The molecule has 2 fully saturated rings. The van der Waals surface area contributed by atoms with Crippen molar-refractivity contribution < 1.29 is 9.53 Å². The zero-order valence-electron chi connectivity index (χ0n) is 11.0. The van der Waals surface area contributed by atoms with Gasteiger partial charge in [0.05, 0.1) is 12.0 Å². The number of ether oxygens (including phenoxy) is 1. The van der Waals surface area contributed by atoms with Gasteiger partial charge in [-0.05, 0) is 32.2 Å². The average molecular weight is 277 g/mol. The Morgan fingerprint density at radius 2 is 2.06 bits per heavy atom. The highest BCUT2D eigenvalue weighted by molar-refractivity contribution is 5.85. The zero-order chi connectivity index (χ0) is 11.9. The largest absolute Gasteiger partial charge is 0.378 e. The SMILES string of the molecule is Cl.O=C(NCCCOC1CCCC1)C1CCNC1. The summed E-state index contributed by atoms with van der Waals surface area (Å²) in [5.74, 6) is 0.390. The maximum Gasteiger partial charge on any atom is 0.224 e. The van der Waals surface area contributed by atoms with E-state index in [-0.39, 0.29) is 24.2 Å². The molecular formula is C13H25ClN2O2. The molecule has 2 rings (SSSR count). The Hall–Kier alpha value is -0.320. The van der Waals surface area contributed by atoms with E-state index < -0.39 is 0 Å². The molecule has 1 amide bonds. The highest BCUT2D eigenvalue weighted by atomic mass is 35.5. The van der Waals surface area contributed by atoms with Crippen LogP contribution in [-0.4, -0.2) is 38.3 Å². The second kappa shape index (κ2) is 8.73. The lowest BCUT2D eigenvalue weighted by atomic mass is 10.1. The second-order valence-electron chi connectivity index (χ2n) is 5.11. The van der Waals surface area contributed by atoms with E-state index in [4.69, 9.17) is 4.74 Å². The fourth-order valence-corrected chi connectivity index (χ4v) is 2.61. The second-order valence-corrected chi connectivity index (χ2v) is 5.11. The van der Waals surface area contributed by atoms with Crippen LogP contribution in [0.3, 0.4) is 0 Å². The number of halogens is 1. The maximum atomic E-state index is 11.7. The molecule has 0 aromatic heterocycles. The first-order valence-electron chi connectivity index (χ1n) is 6.96. The molecule has 4 nitrogen and oxygen atoms in total. The Kier molecular flexibility index (Phi) is 7.63. The van der Waals surface area contributed by atoms with Gasteiger partial charge < -0.3 is 15.4 Å². The van der Waals surface area contributed by atoms with Gasteiger partial charge in [-0.3, -0.25) is 4.79 Å². The van der Waals surface area contributed by atoms with Crippen molar-refractivity contribution in [3.63, 3.8) is 0 Å². The Balaban J connectivity index is 0.00000162. The summed E-state index contributed by atoms with van der Waals surface area (Å²) in [5, 5.41) is 6.20. The van der Waals surface area contributed by atoms with Crippen LogP contribution in [0.15, 0.2) is 0 Å². The summed E-state index contributed by atoms with van der Waals surface area (Å²) in [6, 6.07) is 0. The molecule has 1 unspecified atom stereocenters. The third-order valence-corrected chi connectivity index (χ3v) is 3.71. The van der Waals surface area contributed by atoms with Crippen LogP contribution in [0.5, 0.6) is 0 Å². The highest BCUT2D eigenvalue weighted by Gasteiger charge is 2.21. The summed E-state index contributed by atoms with van der Waals surface area (Å²) in [4.78, 5) is 11.7. The van der Waals surface area contributed by atoms with Crippen molar-refractivity contribution in [2.24, 2.45) is 5.92 Å². The Morgan fingerprint density at radius 1 is 1.28 bits per heavy atom. The van der Waals surface area contributed by atoms with Gasteiger partial charge in [0.15, 0.2) is 0 Å². The van der Waals surface area contributed by atoms with Gasteiger partial charge in [-0.15, -0.1) is 12.4 Å². The number of amides is 1. The molecule has 1 saturated heterocycles. The maximum absolute atomic E-state index is 11.7. The minimum atomic E-state index is 0. The lowest BCUT2D eigenvalue weighted by Gasteiger charge is -2.12. The summed E-state index contributed by atoms with van der Waals surface area (Å²) in [6.07, 6.45) is 7.48. The molecule has 2 aliphatic rings. The van der Waals surface area contributed by atoms with Crippen LogP contribution >= 0.6 is 12.4 Å². The molecule has 0 aromatic rings. The van der Waals surface area contributed by atoms with Crippen LogP contribution in [0.1, 0.15) is 38.5 Å². The first-order chi connectivity index (χ1) is 8.36. The van der Waals surface area contributed by atoms with Crippen molar-refractivity contribution in [1.82, 2.24) is 10.6 Å². The molecule has 0 aromatic carbocycles. The van der Waals surface area contributed by atoms with Gasteiger partial charge in [0.25, 0.3) is 0 Å². The lowest BCUT2D eigenvalue weighted by molar-refractivity contribution is -0.124. The Labute approximate surface area is 116 Å². The third-order valence-electron chi connectivity index (χ3n) is 3.71. The minimum absolute atomic E-state index is 0. The fraction of sp³-hybridized carbons (Fsp3) is 0.923. The van der Waals surface area contributed by atoms with Gasteiger partial charge in [-0.1, -0.05) is 12.8 Å². The van der Waals surface area contributed by atoms with Crippen molar-refractivity contribution in [3.8, 4) is 0 Å². The molecule has 1 heterocycles. The van der Waals surface area contributed by atoms with Crippen molar-refractivity contribution in [2.75, 3.05) is 26.2 Å². The number of carbonyl (C=O) groups excluding carboxylic acids is 1. The Bertz CT molecular complexity index is 239. The van der Waals surface area contributed by atoms with E-state index >= 15 is 0 Å². The number of carbonyl (C=O) groups is 1. The van der Waals surface area contributed by atoms with Crippen LogP contribution in [-0.2, 0) is 9.53 Å². The smallest absolute Gasteiger partial charge is 0.224 e. The molecule has 1 saturated carbocycles. The van der Waals surface area contributed by atoms with E-state index in [2.05, 4.69) is 10.6 Å². The Morgan fingerprint density at radius 3 is 2.72 bits per heavy atom. The summed E-state index contributed by atoms with van der Waals surface area (Å²) < 4.78 is 5.75. The molecule has 0 bridgehead atoms. The van der Waals surface area contributed by atoms with E-state index in [0.29, 0.717) is 6.10 Å². The standard InChI is InChI=1S/C13H24N2O2.ClH/c16-13(11-6-8-14-10-11)15-7-3-9-17-12-4-1-2-5-12;/h11-12,14H,1-10H2,(H,15,16);1H. The van der Waals surface area contributed by atoms with E-state index in [1.54, 1.807) is 0 Å². The van der Waals surface area contributed by atoms with Gasteiger partial charge in [0.2, 0.25) is 5.91 Å². The van der Waals surface area contributed by atoms with Gasteiger partial charge >= 0.3 is 0 Å². The van der Waals surface area contributed by atoms with Gasteiger partial charge in [0.1, 0.15) is 0 Å². The van der Waals surface area contributed by atoms with Crippen molar-refractivity contribution in [1.29, 1.82) is 0 Å². The molecular weight excluding hydrogens is 252 g/mol. The average Bonchev–Trinajstić information content (AvgIpc) is 3.01. The molecule has 1 atom stereocenters. The van der Waals surface area contributed by atoms with Gasteiger partial charge in [-0.2, -0.15) is 0 Å². The minimum Gasteiger partial charge on any atom is -0.378 e. The quantitative estimate of drug-likeness (QED) is 0.723. The molecule has 0 radical (unpaired) electrons. The normalized spacial score (nSPS) is 23.9. The van der Waals surface area contributed by atoms with Gasteiger partial charge in [-0.25, -0.2) is 0 Å². The zero-order valence-corrected chi connectivity index (χ0v) is 11.8. The predicted molar refractivity (Wildman–Crippen MR) is 74.1 cm³/mol. The number of nitrogens with one attached hydrogen (secondary N) is 2. The highest BCUT2D eigenvalue weighted by Crippen LogP contribution is 2.20. The summed E-state index contributed by atoms with van der Waals surface area (Å²) in [7, 11) is 0. The number of hydrogen-bond donors (Lipinski definition) is 2. The fourth-order valence-electron chi connectivity index (χ4n) is 2.61. The first-order valence-corrected chi connectivity index (χ1v) is 6.96. The predicted octanol–water partition coefficient (Wildman–Crippen LogP) is 1.48. The van der Waals surface area contributed by atoms with Crippen molar-refractivity contribution in [2.45, 2.75) is 44.6 Å². The number of rotatable bonds is 6. The summed E-state index contributed by atoms with van der Waals surface area (Å²) in [6.45, 7) is 3.35. The first kappa shape index (κ1) is 15.7. The molecule has 1 aliphatic carbocycles. The van der Waals surface area contributed by atoms with E-state index in [1.807, 2.05) is 0 Å². The third kappa shape index (κ3) is 5.12. The summed E-state index contributed by atoms with van der Waals surface area (Å²) >= 11 is 0. The monoisotopic (exact) mass is 276 g/mol. The van der Waals surface area contributed by atoms with Crippen LogP contribution in [0.2, 0.25) is 0 Å². The molecule has 106 valence electrons. The molecule has 1 aliphatic heterocycles. The number of hydrogen-bond acceptors (Lipinski definition) is 3. The van der Waals surface area contributed by atoms with E-state index in [0.717, 1.165) is 39.1 Å². The van der Waals surface area contributed by atoms with Crippen LogP contribution in [0.4, 0.5) is 0 Å². The lowest BCUT2D eigenvalue weighted by Crippen LogP contribution is -2.33. The van der Waals surface area contributed by atoms with Crippen LogP contribution in [0.25, 0.3) is 0 Å². The van der Waals surface area contributed by atoms with Crippen LogP contribution in [0, 0.1) is 5.92 Å². The van der Waals surface area contributed by atoms with Gasteiger partial charge in [0, 0.05) is 19.7 Å². The molecule has 0 spiro atoms. The summed E-state index contributed by atoms with van der Waals surface area (Å²) in [5.41, 5.74) is 0. The van der Waals surface area contributed by atoms with Crippen LogP contribution < -0.4 is 10.6 Å². The van der Waals surface area contributed by atoms with E-state index in [9.17, 15) is 4.79 Å². The molecule has 2 N–H and O–H groups in total. The molecule has 18 heavy (non-hydrogen) atoms. The van der Waals surface area contributed by atoms with E-state index in [1.165, 1.54) is 25.7 Å². The van der Waals surface area contributed by atoms with Crippen molar-refractivity contribution in [3.05, 3.63) is 0 Å². The topological polar surface area (TPSA) is 50.4 Å². The van der Waals surface area contributed by atoms with Crippen molar-refractivity contribution >= 4 is 18.3 Å². The molecule has 5 heteroatoms.